The molecule has 3 heterocycles. The lowest BCUT2D eigenvalue weighted by atomic mass is 10.1. The highest BCUT2D eigenvalue weighted by atomic mass is 16.6. The largest absolute Gasteiger partial charge is 0.486 e. The molecular weight excluding hydrogens is 306 g/mol. The van der Waals surface area contributed by atoms with Crippen molar-refractivity contribution in [2.24, 2.45) is 0 Å². The molecule has 1 aromatic heterocycles. The Hall–Kier alpha value is -2.76. The lowest BCUT2D eigenvalue weighted by molar-refractivity contribution is -0.115. The molecule has 2 aromatic rings. The fraction of sp³-hybridized carbons (Fsp3) is 0.333. The monoisotopic (exact) mass is 325 g/mol. The van der Waals surface area contributed by atoms with Crippen LogP contribution in [0.25, 0.3) is 0 Å². The molecule has 0 saturated carbocycles. The molecule has 1 aromatic carbocycles. The van der Waals surface area contributed by atoms with E-state index in [9.17, 15) is 4.79 Å². The fourth-order valence-corrected chi connectivity index (χ4v) is 3.14. The van der Waals surface area contributed by atoms with Crippen LogP contribution >= 0.6 is 0 Å². The number of anilines is 2. The second-order valence-electron chi connectivity index (χ2n) is 5.92. The summed E-state index contributed by atoms with van der Waals surface area (Å²) in [6, 6.07) is 9.59. The number of carbonyl (C=O) groups excluding carboxylic acids is 1. The molecule has 1 unspecified atom stereocenters. The first kappa shape index (κ1) is 14.8. The van der Waals surface area contributed by atoms with Gasteiger partial charge in [-0.1, -0.05) is 6.07 Å². The van der Waals surface area contributed by atoms with E-state index < -0.39 is 0 Å². The normalized spacial score (nSPS) is 18.0. The van der Waals surface area contributed by atoms with E-state index in [2.05, 4.69) is 22.1 Å². The summed E-state index contributed by atoms with van der Waals surface area (Å²) in [4.78, 5) is 18.2. The van der Waals surface area contributed by atoms with Crippen LogP contribution in [-0.2, 0) is 11.2 Å². The van der Waals surface area contributed by atoms with Gasteiger partial charge < -0.3 is 19.7 Å². The average Bonchev–Trinajstić information content (AvgIpc) is 3.01. The van der Waals surface area contributed by atoms with E-state index >= 15 is 0 Å². The van der Waals surface area contributed by atoms with Crippen molar-refractivity contribution in [3.63, 3.8) is 0 Å². The van der Waals surface area contributed by atoms with Gasteiger partial charge in [-0.2, -0.15) is 0 Å². The van der Waals surface area contributed by atoms with Gasteiger partial charge in [-0.25, -0.2) is 4.98 Å². The summed E-state index contributed by atoms with van der Waals surface area (Å²) in [5.74, 6) is 2.32. The quantitative estimate of drug-likeness (QED) is 0.934. The number of likely N-dealkylation sites (N-methyl/N-ethyl adjacent to an activating group) is 1. The summed E-state index contributed by atoms with van der Waals surface area (Å²) < 4.78 is 12.1. The van der Waals surface area contributed by atoms with Gasteiger partial charge in [-0.05, 0) is 31.2 Å². The minimum Gasteiger partial charge on any atom is -0.486 e. The van der Waals surface area contributed by atoms with E-state index in [0.29, 0.717) is 31.1 Å². The molecule has 6 nitrogen and oxygen atoms in total. The SMILES string of the molecule is CCN(CC1COc2ccc3c(c2O1)CC(=O)N3)c1ccccn1. The Balaban J connectivity index is 1.54. The topological polar surface area (TPSA) is 63.7 Å². The number of rotatable bonds is 4. The molecule has 2 aliphatic heterocycles. The van der Waals surface area contributed by atoms with E-state index in [1.807, 2.05) is 30.3 Å². The Morgan fingerprint density at radius 1 is 1.33 bits per heavy atom. The summed E-state index contributed by atoms with van der Waals surface area (Å²) in [6.45, 7) is 4.08. The highest BCUT2D eigenvalue weighted by molar-refractivity contribution is 6.00. The first-order valence-corrected chi connectivity index (χ1v) is 8.15. The van der Waals surface area contributed by atoms with Crippen molar-refractivity contribution in [1.29, 1.82) is 0 Å². The second-order valence-corrected chi connectivity index (χ2v) is 5.92. The van der Waals surface area contributed by atoms with E-state index in [1.54, 1.807) is 6.20 Å². The van der Waals surface area contributed by atoms with Crippen LogP contribution in [0.3, 0.4) is 0 Å². The van der Waals surface area contributed by atoms with Gasteiger partial charge in [0.2, 0.25) is 5.91 Å². The molecule has 0 radical (unpaired) electrons. The zero-order valence-electron chi connectivity index (χ0n) is 13.5. The number of ether oxygens (including phenoxy) is 2. The molecule has 0 aliphatic carbocycles. The molecule has 6 heteroatoms. The first-order valence-electron chi connectivity index (χ1n) is 8.15. The Morgan fingerprint density at radius 3 is 3.04 bits per heavy atom. The Bertz CT molecular complexity index is 764. The zero-order valence-corrected chi connectivity index (χ0v) is 13.5. The molecule has 24 heavy (non-hydrogen) atoms. The minimum absolute atomic E-state index is 0.00667. The summed E-state index contributed by atoms with van der Waals surface area (Å²) in [5.41, 5.74) is 1.71. The van der Waals surface area contributed by atoms with Gasteiger partial charge in [0.1, 0.15) is 12.4 Å². The van der Waals surface area contributed by atoms with Gasteiger partial charge >= 0.3 is 0 Å². The highest BCUT2D eigenvalue weighted by Crippen LogP contribution is 2.42. The van der Waals surface area contributed by atoms with Crippen LogP contribution in [0.1, 0.15) is 12.5 Å². The van der Waals surface area contributed by atoms with Crippen molar-refractivity contribution in [2.75, 3.05) is 29.9 Å². The standard InChI is InChI=1S/C18H19N3O3/c1-2-21(16-5-3-4-8-19-16)10-12-11-23-15-7-6-14-13(18(15)24-12)9-17(22)20-14/h3-8,12H,2,9-11H2,1H3,(H,20,22). The lowest BCUT2D eigenvalue weighted by Gasteiger charge is -2.32. The summed E-state index contributed by atoms with van der Waals surface area (Å²) in [5, 5.41) is 2.85. The maximum atomic E-state index is 11.7. The average molecular weight is 325 g/mol. The number of hydrogen-bond donors (Lipinski definition) is 1. The van der Waals surface area contributed by atoms with Crippen LogP contribution in [0.2, 0.25) is 0 Å². The van der Waals surface area contributed by atoms with Gasteiger partial charge in [-0.3, -0.25) is 4.79 Å². The van der Waals surface area contributed by atoms with Crippen molar-refractivity contribution >= 4 is 17.4 Å². The highest BCUT2D eigenvalue weighted by Gasteiger charge is 2.30. The summed E-state index contributed by atoms with van der Waals surface area (Å²) >= 11 is 0. The first-order chi connectivity index (χ1) is 11.7. The second kappa shape index (κ2) is 6.03. The summed E-state index contributed by atoms with van der Waals surface area (Å²) in [6.07, 6.45) is 2.02. The number of carbonyl (C=O) groups is 1. The van der Waals surface area contributed by atoms with Crippen LogP contribution < -0.4 is 19.7 Å². The maximum absolute atomic E-state index is 11.7. The van der Waals surface area contributed by atoms with Gasteiger partial charge in [0.25, 0.3) is 0 Å². The molecule has 124 valence electrons. The number of pyridine rings is 1. The Labute approximate surface area is 140 Å². The van der Waals surface area contributed by atoms with Crippen molar-refractivity contribution < 1.29 is 14.3 Å². The number of fused-ring (bicyclic) bond motifs is 3. The van der Waals surface area contributed by atoms with Crippen LogP contribution in [-0.4, -0.2) is 36.7 Å². The van der Waals surface area contributed by atoms with Gasteiger partial charge in [0, 0.05) is 24.0 Å². The van der Waals surface area contributed by atoms with E-state index in [1.165, 1.54) is 0 Å². The third kappa shape index (κ3) is 2.64. The number of amides is 1. The third-order valence-electron chi connectivity index (χ3n) is 4.32. The number of nitrogens with zero attached hydrogens (tertiary/aromatic N) is 2. The van der Waals surface area contributed by atoms with Gasteiger partial charge in [0.05, 0.1) is 13.0 Å². The van der Waals surface area contributed by atoms with E-state index in [-0.39, 0.29) is 12.0 Å². The molecule has 2 aliphatic rings. The van der Waals surface area contributed by atoms with Crippen molar-refractivity contribution in [2.45, 2.75) is 19.4 Å². The molecule has 0 saturated heterocycles. The molecule has 0 spiro atoms. The van der Waals surface area contributed by atoms with Crippen LogP contribution in [0.15, 0.2) is 36.5 Å². The maximum Gasteiger partial charge on any atom is 0.229 e. The number of aromatic nitrogens is 1. The van der Waals surface area contributed by atoms with E-state index in [4.69, 9.17) is 9.47 Å². The molecule has 0 bridgehead atoms. The number of benzene rings is 1. The van der Waals surface area contributed by atoms with Crippen LogP contribution in [0, 0.1) is 0 Å². The zero-order chi connectivity index (χ0) is 16.5. The predicted octanol–water partition coefficient (Wildman–Crippen LogP) is 2.24. The van der Waals surface area contributed by atoms with Crippen molar-refractivity contribution in [1.82, 2.24) is 4.98 Å². The van der Waals surface area contributed by atoms with Gasteiger partial charge in [-0.15, -0.1) is 0 Å². The number of hydrogen-bond acceptors (Lipinski definition) is 5. The fourth-order valence-electron chi connectivity index (χ4n) is 3.14. The lowest BCUT2D eigenvalue weighted by Crippen LogP contribution is -2.41. The molecular formula is C18H19N3O3. The molecule has 1 atom stereocenters. The van der Waals surface area contributed by atoms with Crippen molar-refractivity contribution in [3.8, 4) is 11.5 Å². The van der Waals surface area contributed by atoms with Crippen LogP contribution in [0.4, 0.5) is 11.5 Å². The smallest absolute Gasteiger partial charge is 0.229 e. The molecule has 4 rings (SSSR count). The Kier molecular flexibility index (Phi) is 3.72. The number of nitrogens with one attached hydrogen (secondary N) is 1. The molecule has 1 N–H and O–H groups in total. The van der Waals surface area contributed by atoms with Gasteiger partial charge in [0.15, 0.2) is 17.6 Å². The Morgan fingerprint density at radius 2 is 2.25 bits per heavy atom. The predicted molar refractivity (Wildman–Crippen MR) is 90.8 cm³/mol. The minimum atomic E-state index is -0.110. The van der Waals surface area contributed by atoms with Crippen molar-refractivity contribution in [3.05, 3.63) is 42.1 Å². The molecule has 1 amide bonds. The van der Waals surface area contributed by atoms with Crippen LogP contribution in [0.5, 0.6) is 11.5 Å². The van der Waals surface area contributed by atoms with E-state index in [0.717, 1.165) is 23.6 Å². The third-order valence-corrected chi connectivity index (χ3v) is 4.32. The molecule has 0 fully saturated rings. The summed E-state index contributed by atoms with van der Waals surface area (Å²) in [7, 11) is 0.